The van der Waals surface area contributed by atoms with Gasteiger partial charge in [0.15, 0.2) is 0 Å². The summed E-state index contributed by atoms with van der Waals surface area (Å²) in [6, 6.07) is -0.190. The third-order valence-corrected chi connectivity index (χ3v) is 3.57. The number of aromatic nitrogens is 1. The molecule has 0 aromatic carbocycles. The van der Waals surface area contributed by atoms with Crippen LogP contribution in [0.3, 0.4) is 0 Å². The predicted molar refractivity (Wildman–Crippen MR) is 75.0 cm³/mol. The van der Waals surface area contributed by atoms with Gasteiger partial charge < -0.3 is 16.0 Å². The van der Waals surface area contributed by atoms with Crippen LogP contribution in [-0.4, -0.2) is 41.8 Å². The summed E-state index contributed by atoms with van der Waals surface area (Å²) in [5.74, 6) is -0.418. The Morgan fingerprint density at radius 2 is 2.26 bits per heavy atom. The molecule has 1 unspecified atom stereocenters. The summed E-state index contributed by atoms with van der Waals surface area (Å²) in [7, 11) is 1.55. The van der Waals surface area contributed by atoms with E-state index in [0.29, 0.717) is 12.2 Å². The zero-order valence-corrected chi connectivity index (χ0v) is 12.3. The van der Waals surface area contributed by atoms with E-state index in [2.05, 4.69) is 10.3 Å². The number of nitrogens with two attached hydrogens (primary N) is 1. The molecule has 0 saturated carbocycles. The summed E-state index contributed by atoms with van der Waals surface area (Å²) in [4.78, 5) is 29.4. The van der Waals surface area contributed by atoms with Gasteiger partial charge in [-0.2, -0.15) is 0 Å². The fraction of sp³-hybridized carbons (Fsp3) is 0.583. The molecule has 7 heteroatoms. The van der Waals surface area contributed by atoms with Gasteiger partial charge in [0.2, 0.25) is 5.91 Å². The number of hydrogen-bond acceptors (Lipinski definition) is 5. The number of likely N-dealkylation sites (N-methyl/N-ethyl adjacent to an activating group) is 1. The van der Waals surface area contributed by atoms with Crippen molar-refractivity contribution in [3.05, 3.63) is 16.1 Å². The topological polar surface area (TPSA) is 88.3 Å². The van der Waals surface area contributed by atoms with Crippen molar-refractivity contribution in [1.82, 2.24) is 15.2 Å². The highest BCUT2D eigenvalue weighted by Gasteiger charge is 2.20. The molecule has 0 radical (unpaired) electrons. The zero-order chi connectivity index (χ0) is 14.4. The Kier molecular flexibility index (Phi) is 5.91. The van der Waals surface area contributed by atoms with Crippen LogP contribution in [0.4, 0.5) is 0 Å². The molecule has 106 valence electrons. The van der Waals surface area contributed by atoms with Crippen LogP contribution in [0.25, 0.3) is 0 Å². The van der Waals surface area contributed by atoms with E-state index >= 15 is 0 Å². The fourth-order valence-electron chi connectivity index (χ4n) is 1.53. The molecule has 0 fully saturated rings. The standard InChI is InChI=1S/C12H20N4O2S/c1-4-5-16(6-10(17)14-3)12(18)9-7-19-11(15-9)8(2)13/h7-8H,4-6,13H2,1-3H3,(H,14,17). The maximum absolute atomic E-state index is 12.3. The van der Waals surface area contributed by atoms with Gasteiger partial charge in [-0.15, -0.1) is 11.3 Å². The van der Waals surface area contributed by atoms with Crippen LogP contribution < -0.4 is 11.1 Å². The molecule has 6 nitrogen and oxygen atoms in total. The minimum absolute atomic E-state index is 0.0498. The molecule has 2 amide bonds. The Morgan fingerprint density at radius 1 is 1.58 bits per heavy atom. The van der Waals surface area contributed by atoms with E-state index in [-0.39, 0.29) is 24.4 Å². The smallest absolute Gasteiger partial charge is 0.273 e. The number of nitrogens with zero attached hydrogens (tertiary/aromatic N) is 2. The van der Waals surface area contributed by atoms with E-state index in [1.165, 1.54) is 16.2 Å². The highest BCUT2D eigenvalue weighted by molar-refractivity contribution is 7.09. The summed E-state index contributed by atoms with van der Waals surface area (Å²) in [5, 5.41) is 4.92. The Hall–Kier alpha value is -1.47. The molecule has 0 bridgehead atoms. The van der Waals surface area contributed by atoms with Gasteiger partial charge in [0.25, 0.3) is 5.91 Å². The summed E-state index contributed by atoms with van der Waals surface area (Å²) in [6.45, 7) is 4.35. The van der Waals surface area contributed by atoms with E-state index in [4.69, 9.17) is 5.73 Å². The lowest BCUT2D eigenvalue weighted by Crippen LogP contribution is -2.40. The van der Waals surface area contributed by atoms with Gasteiger partial charge in [-0.05, 0) is 13.3 Å². The Morgan fingerprint density at radius 3 is 2.74 bits per heavy atom. The number of nitrogens with one attached hydrogen (secondary N) is 1. The molecule has 0 aliphatic rings. The molecule has 0 spiro atoms. The Bertz CT molecular complexity index is 445. The molecule has 0 saturated heterocycles. The minimum Gasteiger partial charge on any atom is -0.358 e. The molecule has 19 heavy (non-hydrogen) atoms. The van der Waals surface area contributed by atoms with Crippen molar-refractivity contribution in [2.24, 2.45) is 5.73 Å². The van der Waals surface area contributed by atoms with Crippen molar-refractivity contribution in [3.8, 4) is 0 Å². The van der Waals surface area contributed by atoms with Crippen molar-refractivity contribution in [2.45, 2.75) is 26.3 Å². The maximum atomic E-state index is 12.3. The SMILES string of the molecule is CCCN(CC(=O)NC)C(=O)c1csc(C(C)N)n1. The van der Waals surface area contributed by atoms with Crippen LogP contribution in [0.1, 0.15) is 41.8 Å². The average Bonchev–Trinajstić information content (AvgIpc) is 2.86. The van der Waals surface area contributed by atoms with Gasteiger partial charge in [-0.25, -0.2) is 4.98 Å². The van der Waals surface area contributed by atoms with Crippen LogP contribution >= 0.6 is 11.3 Å². The monoisotopic (exact) mass is 284 g/mol. The second-order valence-corrected chi connectivity index (χ2v) is 5.15. The summed E-state index contributed by atoms with van der Waals surface area (Å²) < 4.78 is 0. The molecule has 1 heterocycles. The van der Waals surface area contributed by atoms with Gasteiger partial charge >= 0.3 is 0 Å². The van der Waals surface area contributed by atoms with E-state index in [1.807, 2.05) is 13.8 Å². The van der Waals surface area contributed by atoms with Crippen molar-refractivity contribution >= 4 is 23.2 Å². The van der Waals surface area contributed by atoms with Crippen LogP contribution in [0.5, 0.6) is 0 Å². The summed E-state index contributed by atoms with van der Waals surface area (Å²) in [6.07, 6.45) is 0.785. The number of hydrogen-bond donors (Lipinski definition) is 2. The van der Waals surface area contributed by atoms with Gasteiger partial charge in [0, 0.05) is 19.0 Å². The predicted octanol–water partition coefficient (Wildman–Crippen LogP) is 0.761. The molecular weight excluding hydrogens is 264 g/mol. The maximum Gasteiger partial charge on any atom is 0.273 e. The van der Waals surface area contributed by atoms with E-state index in [0.717, 1.165) is 11.4 Å². The highest BCUT2D eigenvalue weighted by atomic mass is 32.1. The first-order valence-electron chi connectivity index (χ1n) is 6.20. The normalized spacial score (nSPS) is 12.0. The van der Waals surface area contributed by atoms with Crippen molar-refractivity contribution in [3.63, 3.8) is 0 Å². The molecule has 1 rings (SSSR count). The Labute approximate surface area is 117 Å². The minimum atomic E-state index is -0.228. The molecule has 3 N–H and O–H groups in total. The number of carbonyl (C=O) groups is 2. The largest absolute Gasteiger partial charge is 0.358 e. The lowest BCUT2D eigenvalue weighted by atomic mass is 10.3. The van der Waals surface area contributed by atoms with Gasteiger partial charge in [0.1, 0.15) is 10.7 Å². The average molecular weight is 284 g/mol. The van der Waals surface area contributed by atoms with Gasteiger partial charge in [0.05, 0.1) is 12.6 Å². The van der Waals surface area contributed by atoms with Crippen LogP contribution in [-0.2, 0) is 4.79 Å². The zero-order valence-electron chi connectivity index (χ0n) is 11.5. The second-order valence-electron chi connectivity index (χ2n) is 4.26. The van der Waals surface area contributed by atoms with Crippen LogP contribution in [0.2, 0.25) is 0 Å². The number of thiazole rings is 1. The fourth-order valence-corrected chi connectivity index (χ4v) is 2.28. The van der Waals surface area contributed by atoms with Gasteiger partial charge in [-0.3, -0.25) is 9.59 Å². The van der Waals surface area contributed by atoms with Crippen LogP contribution in [0.15, 0.2) is 5.38 Å². The van der Waals surface area contributed by atoms with Crippen molar-refractivity contribution in [2.75, 3.05) is 20.1 Å². The molecule has 1 atom stereocenters. The third kappa shape index (κ3) is 4.29. The number of carbonyl (C=O) groups excluding carboxylic acids is 2. The lowest BCUT2D eigenvalue weighted by Gasteiger charge is -2.20. The molecule has 1 aromatic heterocycles. The molecule has 0 aliphatic carbocycles. The second kappa shape index (κ2) is 7.20. The quantitative estimate of drug-likeness (QED) is 0.807. The molecule has 0 aliphatic heterocycles. The van der Waals surface area contributed by atoms with Crippen LogP contribution in [0, 0.1) is 0 Å². The first kappa shape index (κ1) is 15.6. The number of rotatable bonds is 6. The van der Waals surface area contributed by atoms with E-state index in [1.54, 1.807) is 12.4 Å². The molecular formula is C12H20N4O2S. The van der Waals surface area contributed by atoms with Crippen molar-refractivity contribution in [1.29, 1.82) is 0 Å². The van der Waals surface area contributed by atoms with E-state index in [9.17, 15) is 9.59 Å². The third-order valence-electron chi connectivity index (χ3n) is 2.52. The van der Waals surface area contributed by atoms with Crippen molar-refractivity contribution < 1.29 is 9.59 Å². The highest BCUT2D eigenvalue weighted by Crippen LogP contribution is 2.17. The van der Waals surface area contributed by atoms with E-state index < -0.39 is 0 Å². The summed E-state index contributed by atoms with van der Waals surface area (Å²) in [5.41, 5.74) is 6.08. The first-order chi connectivity index (χ1) is 8.99. The van der Waals surface area contributed by atoms with Gasteiger partial charge in [-0.1, -0.05) is 6.92 Å². The Balaban J connectivity index is 2.82. The first-order valence-corrected chi connectivity index (χ1v) is 7.08. The molecule has 1 aromatic rings. The summed E-state index contributed by atoms with van der Waals surface area (Å²) >= 11 is 1.36. The number of amides is 2. The lowest BCUT2D eigenvalue weighted by molar-refractivity contribution is -0.121.